The molecule has 1 heterocycles. The molecular formula is C13H16FNO3. The second-order valence-electron chi connectivity index (χ2n) is 4.55. The van der Waals surface area contributed by atoms with Crippen molar-refractivity contribution in [1.82, 2.24) is 5.32 Å². The highest BCUT2D eigenvalue weighted by atomic mass is 19.1. The summed E-state index contributed by atoms with van der Waals surface area (Å²) in [4.78, 5) is 11.9. The Balaban J connectivity index is 2.12. The van der Waals surface area contributed by atoms with Crippen LogP contribution >= 0.6 is 0 Å². The van der Waals surface area contributed by atoms with E-state index in [1.54, 1.807) is 0 Å². The van der Waals surface area contributed by atoms with Gasteiger partial charge < -0.3 is 15.2 Å². The molecule has 1 saturated heterocycles. The van der Waals surface area contributed by atoms with Gasteiger partial charge in [-0.25, -0.2) is 4.39 Å². The zero-order valence-corrected chi connectivity index (χ0v) is 10.1. The number of nitrogens with one attached hydrogen (secondary N) is 1. The Morgan fingerprint density at radius 1 is 1.56 bits per heavy atom. The van der Waals surface area contributed by atoms with E-state index in [0.29, 0.717) is 19.6 Å². The van der Waals surface area contributed by atoms with Crippen LogP contribution in [0.25, 0.3) is 0 Å². The number of phenols is 1. The summed E-state index contributed by atoms with van der Waals surface area (Å²) in [5, 5.41) is 12.3. The van der Waals surface area contributed by atoms with Crippen LogP contribution in [0.4, 0.5) is 4.39 Å². The van der Waals surface area contributed by atoms with Crippen LogP contribution in [0, 0.1) is 11.7 Å². The van der Waals surface area contributed by atoms with E-state index in [1.165, 1.54) is 12.1 Å². The minimum Gasteiger partial charge on any atom is -0.507 e. The molecule has 98 valence electrons. The van der Waals surface area contributed by atoms with E-state index in [-0.39, 0.29) is 23.3 Å². The maximum absolute atomic E-state index is 13.5. The molecule has 1 aromatic rings. The van der Waals surface area contributed by atoms with Gasteiger partial charge in [0.1, 0.15) is 17.1 Å². The van der Waals surface area contributed by atoms with Gasteiger partial charge in [-0.3, -0.25) is 4.79 Å². The van der Waals surface area contributed by atoms with Gasteiger partial charge in [0.05, 0.1) is 6.61 Å². The minimum atomic E-state index is -0.716. The fourth-order valence-electron chi connectivity index (χ4n) is 2.07. The second kappa shape index (κ2) is 5.35. The third-order valence-corrected chi connectivity index (χ3v) is 3.18. The number of aromatic hydroxyl groups is 1. The van der Waals surface area contributed by atoms with Gasteiger partial charge in [-0.05, 0) is 24.5 Å². The Morgan fingerprint density at radius 2 is 2.33 bits per heavy atom. The van der Waals surface area contributed by atoms with Crippen LogP contribution in [-0.4, -0.2) is 30.3 Å². The zero-order valence-electron chi connectivity index (χ0n) is 10.1. The van der Waals surface area contributed by atoms with Crippen molar-refractivity contribution in [3.05, 3.63) is 29.6 Å². The van der Waals surface area contributed by atoms with Crippen molar-refractivity contribution in [3.63, 3.8) is 0 Å². The summed E-state index contributed by atoms with van der Waals surface area (Å²) in [6.45, 7) is 3.12. The maximum atomic E-state index is 13.5. The molecule has 1 amide bonds. The van der Waals surface area contributed by atoms with Gasteiger partial charge in [0, 0.05) is 12.6 Å². The fraction of sp³-hybridized carbons (Fsp3) is 0.462. The van der Waals surface area contributed by atoms with E-state index in [0.717, 1.165) is 6.07 Å². The largest absolute Gasteiger partial charge is 0.507 e. The molecule has 0 bridgehead atoms. The van der Waals surface area contributed by atoms with E-state index in [4.69, 9.17) is 4.74 Å². The number of rotatable bonds is 2. The normalized spacial score (nSPS) is 23.7. The highest BCUT2D eigenvalue weighted by molar-refractivity contribution is 5.97. The summed E-state index contributed by atoms with van der Waals surface area (Å²) >= 11 is 0. The lowest BCUT2D eigenvalue weighted by atomic mass is 9.97. The Hall–Kier alpha value is -1.62. The topological polar surface area (TPSA) is 58.6 Å². The number of ether oxygens (including phenoxy) is 1. The molecule has 1 aliphatic rings. The lowest BCUT2D eigenvalue weighted by Crippen LogP contribution is -2.44. The van der Waals surface area contributed by atoms with E-state index in [1.807, 2.05) is 6.92 Å². The van der Waals surface area contributed by atoms with E-state index in [9.17, 15) is 14.3 Å². The summed E-state index contributed by atoms with van der Waals surface area (Å²) in [5.41, 5.74) is -0.295. The molecule has 2 unspecified atom stereocenters. The van der Waals surface area contributed by atoms with Crippen LogP contribution in [0.3, 0.4) is 0 Å². The summed E-state index contributed by atoms with van der Waals surface area (Å²) in [6, 6.07) is 3.76. The molecule has 0 aromatic heterocycles. The molecule has 0 radical (unpaired) electrons. The number of phenolic OH excluding ortho intramolecular Hbond substituents is 1. The number of hydrogen-bond donors (Lipinski definition) is 2. The molecule has 1 aliphatic heterocycles. The maximum Gasteiger partial charge on any atom is 0.258 e. The average molecular weight is 253 g/mol. The smallest absolute Gasteiger partial charge is 0.258 e. The van der Waals surface area contributed by atoms with Crippen molar-refractivity contribution in [1.29, 1.82) is 0 Å². The molecule has 1 aromatic carbocycles. The molecule has 0 aliphatic carbocycles. The lowest BCUT2D eigenvalue weighted by Gasteiger charge is -2.29. The monoisotopic (exact) mass is 253 g/mol. The molecule has 2 N–H and O–H groups in total. The predicted octanol–water partition coefficient (Wildman–Crippen LogP) is 1.69. The molecule has 0 spiro atoms. The highest BCUT2D eigenvalue weighted by Crippen LogP contribution is 2.21. The number of carbonyl (C=O) groups excluding carboxylic acids is 1. The van der Waals surface area contributed by atoms with E-state index in [2.05, 4.69) is 5.32 Å². The van der Waals surface area contributed by atoms with Gasteiger partial charge in [-0.2, -0.15) is 0 Å². The van der Waals surface area contributed by atoms with Crippen LogP contribution in [0.2, 0.25) is 0 Å². The molecule has 4 nitrogen and oxygen atoms in total. The van der Waals surface area contributed by atoms with Crippen molar-refractivity contribution in [2.45, 2.75) is 19.4 Å². The van der Waals surface area contributed by atoms with Gasteiger partial charge in [-0.15, -0.1) is 0 Å². The van der Waals surface area contributed by atoms with Gasteiger partial charge in [0.25, 0.3) is 5.91 Å². The van der Waals surface area contributed by atoms with Crippen molar-refractivity contribution in [3.8, 4) is 5.75 Å². The van der Waals surface area contributed by atoms with Crippen molar-refractivity contribution >= 4 is 5.91 Å². The molecule has 2 rings (SSSR count). The minimum absolute atomic E-state index is 0.0507. The first kappa shape index (κ1) is 12.8. The van der Waals surface area contributed by atoms with Crippen LogP contribution in [0.1, 0.15) is 23.7 Å². The molecule has 18 heavy (non-hydrogen) atoms. The second-order valence-corrected chi connectivity index (χ2v) is 4.55. The number of halogens is 1. The van der Waals surface area contributed by atoms with E-state index >= 15 is 0 Å². The van der Waals surface area contributed by atoms with E-state index < -0.39 is 11.7 Å². The van der Waals surface area contributed by atoms with Crippen molar-refractivity contribution in [2.24, 2.45) is 5.92 Å². The van der Waals surface area contributed by atoms with Crippen LogP contribution in [-0.2, 0) is 4.74 Å². The Bertz CT molecular complexity index is 430. The number of hydrogen-bond acceptors (Lipinski definition) is 3. The van der Waals surface area contributed by atoms with Crippen LogP contribution in [0.15, 0.2) is 18.2 Å². The third kappa shape index (κ3) is 2.61. The van der Waals surface area contributed by atoms with Crippen LogP contribution < -0.4 is 5.32 Å². The molecule has 5 heteroatoms. The van der Waals surface area contributed by atoms with Crippen molar-refractivity contribution in [2.75, 3.05) is 13.2 Å². The number of carbonyl (C=O) groups is 1. The van der Waals surface area contributed by atoms with Gasteiger partial charge in [0.15, 0.2) is 0 Å². The Labute approximate surface area is 105 Å². The number of benzene rings is 1. The molecule has 0 saturated carbocycles. The van der Waals surface area contributed by atoms with Gasteiger partial charge in [0.2, 0.25) is 0 Å². The summed E-state index contributed by atoms with van der Waals surface area (Å²) in [5.74, 6) is -1.46. The highest BCUT2D eigenvalue weighted by Gasteiger charge is 2.26. The molecule has 2 atom stereocenters. The predicted molar refractivity (Wildman–Crippen MR) is 63.9 cm³/mol. The summed E-state index contributed by atoms with van der Waals surface area (Å²) in [7, 11) is 0. The van der Waals surface area contributed by atoms with Gasteiger partial charge in [-0.1, -0.05) is 13.0 Å². The molecule has 1 fully saturated rings. The SMILES string of the molecule is CC1COCCC1NC(=O)c1c(O)cccc1F. The first-order valence-corrected chi connectivity index (χ1v) is 5.95. The Morgan fingerprint density at radius 3 is 3.00 bits per heavy atom. The number of amides is 1. The standard InChI is InChI=1S/C13H16FNO3/c1-8-7-18-6-5-10(8)15-13(17)12-9(14)3-2-4-11(12)16/h2-4,8,10,16H,5-7H2,1H3,(H,15,17). The van der Waals surface area contributed by atoms with Crippen molar-refractivity contribution < 1.29 is 19.0 Å². The third-order valence-electron chi connectivity index (χ3n) is 3.18. The molecular weight excluding hydrogens is 237 g/mol. The van der Waals surface area contributed by atoms with Gasteiger partial charge >= 0.3 is 0 Å². The summed E-state index contributed by atoms with van der Waals surface area (Å²) < 4.78 is 18.8. The average Bonchev–Trinajstić information content (AvgIpc) is 2.32. The summed E-state index contributed by atoms with van der Waals surface area (Å²) in [6.07, 6.45) is 0.697. The zero-order chi connectivity index (χ0) is 13.1. The Kier molecular flexibility index (Phi) is 3.81. The van der Waals surface area contributed by atoms with Crippen LogP contribution in [0.5, 0.6) is 5.75 Å². The first-order valence-electron chi connectivity index (χ1n) is 5.95. The first-order chi connectivity index (χ1) is 8.59. The quantitative estimate of drug-likeness (QED) is 0.843. The fourth-order valence-corrected chi connectivity index (χ4v) is 2.07. The lowest BCUT2D eigenvalue weighted by molar-refractivity contribution is 0.0374.